The van der Waals surface area contributed by atoms with E-state index in [1.165, 1.54) is 34.8 Å². The third-order valence-corrected chi connectivity index (χ3v) is 14.2. The lowest BCUT2D eigenvalue weighted by molar-refractivity contribution is -0.330. The zero-order chi connectivity index (χ0) is 39.9. The fourth-order valence-electron chi connectivity index (χ4n) is 12.2. The number of fused-ring (bicyclic) bond motifs is 3. The summed E-state index contributed by atoms with van der Waals surface area (Å²) < 4.78 is 49.3. The van der Waals surface area contributed by atoms with Gasteiger partial charge in [-0.3, -0.25) is 24.0 Å². The molecule has 14 heteroatoms. The summed E-state index contributed by atoms with van der Waals surface area (Å²) in [5, 5.41) is 0. The molecule has 1 aliphatic heterocycles. The van der Waals surface area contributed by atoms with Gasteiger partial charge in [-0.15, -0.1) is 0 Å². The molecule has 1 spiro atoms. The number of carbonyl (C=O) groups excluding carboxylic acids is 6. The fourth-order valence-corrected chi connectivity index (χ4v) is 12.2. The second-order valence-corrected chi connectivity index (χ2v) is 16.6. The molecule has 14 atom stereocenters. The average Bonchev–Trinajstić information content (AvgIpc) is 3.44. The molecule has 4 saturated carbocycles. The highest BCUT2D eigenvalue weighted by molar-refractivity contribution is 5.88. The molecule has 0 N–H and O–H groups in total. The number of carbonyl (C=O) groups is 6. The maximum atomic E-state index is 14.2. The van der Waals surface area contributed by atoms with E-state index in [-0.39, 0.29) is 18.8 Å². The van der Waals surface area contributed by atoms with E-state index in [9.17, 15) is 28.8 Å². The number of allylic oxidation sites excluding steroid dienone is 1. The monoisotopic (exact) mass is 756 g/mol. The molecule has 0 bridgehead atoms. The lowest BCUT2D eigenvalue weighted by Gasteiger charge is -2.72. The first-order valence-corrected chi connectivity index (χ1v) is 18.5. The lowest BCUT2D eigenvalue weighted by atomic mass is 9.33. The molecule has 0 aromatic carbocycles. The summed E-state index contributed by atoms with van der Waals surface area (Å²) in [4.78, 5) is 80.4. The molecular formula is C40H52O14. The van der Waals surface area contributed by atoms with Crippen LogP contribution < -0.4 is 0 Å². The fraction of sp³-hybridized carbons (Fsp3) is 0.700. The van der Waals surface area contributed by atoms with Gasteiger partial charge in [0.15, 0.2) is 0 Å². The molecule has 6 rings (SSSR count). The number of hydrogen-bond donors (Lipinski definition) is 0. The quantitative estimate of drug-likeness (QED) is 0.153. The Kier molecular flexibility index (Phi) is 9.68. The van der Waals surface area contributed by atoms with Gasteiger partial charge in [0, 0.05) is 67.8 Å². The van der Waals surface area contributed by atoms with Gasteiger partial charge in [0.2, 0.25) is 0 Å². The average molecular weight is 757 g/mol. The second kappa shape index (κ2) is 13.2. The van der Waals surface area contributed by atoms with Crippen molar-refractivity contribution in [1.82, 2.24) is 0 Å². The van der Waals surface area contributed by atoms with Gasteiger partial charge in [0.25, 0.3) is 0 Å². The Morgan fingerprint density at radius 2 is 1.35 bits per heavy atom. The van der Waals surface area contributed by atoms with Crippen molar-refractivity contribution in [2.75, 3.05) is 7.11 Å². The predicted molar refractivity (Wildman–Crippen MR) is 186 cm³/mol. The maximum Gasteiger partial charge on any atom is 0.333 e. The molecule has 1 saturated heterocycles. The van der Waals surface area contributed by atoms with Crippen molar-refractivity contribution < 1.29 is 66.3 Å². The number of rotatable bonds is 8. The van der Waals surface area contributed by atoms with E-state index >= 15 is 0 Å². The van der Waals surface area contributed by atoms with Crippen LogP contribution in [0.4, 0.5) is 0 Å². The number of esters is 6. The van der Waals surface area contributed by atoms with Crippen LogP contribution in [0.5, 0.6) is 0 Å². The van der Waals surface area contributed by atoms with Gasteiger partial charge in [0.05, 0.1) is 25.7 Å². The van der Waals surface area contributed by atoms with Crippen molar-refractivity contribution in [2.24, 2.45) is 33.5 Å². The molecular weight excluding hydrogens is 704 g/mol. The largest absolute Gasteiger partial charge is 0.472 e. The topological polar surface area (TPSA) is 183 Å². The SMILES string of the molecule is C/C=C(\C)C(=O)O[C@H]1[C@H](OC(C)=O)[C@@H]2[C@@]3(C)[C@@H](OC(C)=O)C[C@@H](OC(C)=O)[C@@](C)(C(=O)OC)[C@@H]3C[C@@H](OC(C)=O)[C@@]2(C)[C@@]23O[C@@H]2C[C@@H](c2ccoc2)[C@]13C. The summed E-state index contributed by atoms with van der Waals surface area (Å²) >= 11 is 0. The number of methoxy groups -OCH3 is 1. The molecule has 4 aliphatic carbocycles. The van der Waals surface area contributed by atoms with E-state index in [0.29, 0.717) is 12.0 Å². The van der Waals surface area contributed by atoms with Crippen LogP contribution in [0.1, 0.15) is 100.0 Å². The summed E-state index contributed by atoms with van der Waals surface area (Å²) in [6.07, 6.45) is -0.912. The first-order valence-electron chi connectivity index (χ1n) is 18.5. The summed E-state index contributed by atoms with van der Waals surface area (Å²) in [6, 6.07) is 1.84. The number of ether oxygens (including phenoxy) is 7. The van der Waals surface area contributed by atoms with E-state index in [0.717, 1.165) is 5.56 Å². The Balaban J connectivity index is 1.71. The van der Waals surface area contributed by atoms with Gasteiger partial charge < -0.3 is 37.6 Å². The highest BCUT2D eigenvalue weighted by Gasteiger charge is 2.93. The molecule has 0 amide bonds. The smallest absolute Gasteiger partial charge is 0.333 e. The second-order valence-electron chi connectivity index (χ2n) is 16.6. The van der Waals surface area contributed by atoms with Crippen LogP contribution in [0.3, 0.4) is 0 Å². The molecule has 1 aromatic heterocycles. The first-order chi connectivity index (χ1) is 25.2. The number of epoxide rings is 1. The van der Waals surface area contributed by atoms with Gasteiger partial charge in [0.1, 0.15) is 41.5 Å². The van der Waals surface area contributed by atoms with E-state index in [1.54, 1.807) is 39.4 Å². The molecule has 0 radical (unpaired) electrons. The van der Waals surface area contributed by atoms with Crippen molar-refractivity contribution in [1.29, 1.82) is 0 Å². The third kappa shape index (κ3) is 5.21. The summed E-state index contributed by atoms with van der Waals surface area (Å²) in [5.74, 6) is -6.16. The van der Waals surface area contributed by atoms with Crippen molar-refractivity contribution in [3.8, 4) is 0 Å². The Morgan fingerprint density at radius 3 is 1.89 bits per heavy atom. The minimum Gasteiger partial charge on any atom is -0.472 e. The van der Waals surface area contributed by atoms with Crippen molar-refractivity contribution >= 4 is 35.8 Å². The molecule has 54 heavy (non-hydrogen) atoms. The van der Waals surface area contributed by atoms with Crippen LogP contribution in [-0.2, 0) is 61.9 Å². The van der Waals surface area contributed by atoms with Crippen LogP contribution in [-0.4, -0.2) is 85.2 Å². The predicted octanol–water partition coefficient (Wildman–Crippen LogP) is 4.76. The van der Waals surface area contributed by atoms with Crippen LogP contribution in [0.2, 0.25) is 0 Å². The Hall–Kier alpha value is -4.20. The van der Waals surface area contributed by atoms with Gasteiger partial charge in [-0.25, -0.2) is 4.79 Å². The van der Waals surface area contributed by atoms with Gasteiger partial charge in [-0.05, 0) is 51.2 Å². The zero-order valence-corrected chi connectivity index (χ0v) is 32.8. The van der Waals surface area contributed by atoms with Crippen LogP contribution in [0.25, 0.3) is 0 Å². The standard InChI is InChI=1S/C40H52O14/c1-12-19(2)34(45)53-33-31(52-23(6)44)32-36(7)26(37(8,35(46)47-11)28(50-21(4)42)17-27(36)49-20(3)41)16-29(51-22(5)43)39(32,10)40-30(54-40)15-25(38(33,40)9)24-13-14-48-18-24/h12-14,18,25-33H,15-17H2,1-11H3/b19-12+/t25-,26+,27-,28+,29+,30+,31+,32+,33-,36+,37-,38+,39+,40+/m0/s1. The molecule has 296 valence electrons. The Labute approximate surface area is 314 Å². The van der Waals surface area contributed by atoms with Crippen LogP contribution in [0.15, 0.2) is 34.7 Å². The molecule has 5 fully saturated rings. The zero-order valence-electron chi connectivity index (χ0n) is 32.8. The summed E-state index contributed by atoms with van der Waals surface area (Å²) in [5.41, 5.74) is -5.35. The van der Waals surface area contributed by atoms with Crippen molar-refractivity contribution in [3.63, 3.8) is 0 Å². The Morgan fingerprint density at radius 1 is 0.759 bits per heavy atom. The van der Waals surface area contributed by atoms with Gasteiger partial charge >= 0.3 is 35.8 Å². The van der Waals surface area contributed by atoms with E-state index in [2.05, 4.69) is 0 Å². The van der Waals surface area contributed by atoms with Gasteiger partial charge in [-0.1, -0.05) is 26.8 Å². The van der Waals surface area contributed by atoms with E-state index in [4.69, 9.17) is 37.6 Å². The summed E-state index contributed by atoms with van der Waals surface area (Å²) in [7, 11) is 1.23. The van der Waals surface area contributed by atoms with Crippen LogP contribution >= 0.6 is 0 Å². The molecule has 1 aromatic rings. The highest BCUT2D eigenvalue weighted by atomic mass is 16.6. The highest BCUT2D eigenvalue weighted by Crippen LogP contribution is 2.83. The maximum absolute atomic E-state index is 14.2. The first kappa shape index (κ1) is 39.5. The summed E-state index contributed by atoms with van der Waals surface area (Å²) in [6.45, 7) is 15.7. The third-order valence-electron chi connectivity index (χ3n) is 14.2. The van der Waals surface area contributed by atoms with E-state index < -0.39 is 112 Å². The van der Waals surface area contributed by atoms with Crippen LogP contribution in [0, 0.1) is 33.5 Å². The van der Waals surface area contributed by atoms with Crippen molar-refractivity contribution in [2.45, 2.75) is 137 Å². The molecule has 2 heterocycles. The minimum absolute atomic E-state index is 0.0173. The Bertz CT molecular complexity index is 1770. The number of furan rings is 1. The lowest BCUT2D eigenvalue weighted by Crippen LogP contribution is -2.81. The number of hydrogen-bond acceptors (Lipinski definition) is 14. The van der Waals surface area contributed by atoms with Gasteiger partial charge in [-0.2, -0.15) is 0 Å². The molecule has 14 nitrogen and oxygen atoms in total. The minimum atomic E-state index is -1.60. The van der Waals surface area contributed by atoms with E-state index in [1.807, 2.05) is 26.8 Å². The molecule has 0 unspecified atom stereocenters. The van der Waals surface area contributed by atoms with Crippen molar-refractivity contribution in [3.05, 3.63) is 35.8 Å². The molecule has 5 aliphatic rings. The normalized spacial score (nSPS) is 43.2.